The van der Waals surface area contributed by atoms with E-state index in [1.807, 2.05) is 13.0 Å². The molecule has 0 amide bonds. The number of hydrogen-bond acceptors (Lipinski definition) is 10. The van der Waals surface area contributed by atoms with Gasteiger partial charge in [0.25, 0.3) is 0 Å². The molecule has 0 saturated carbocycles. The number of benzene rings is 1. The van der Waals surface area contributed by atoms with Crippen LogP contribution in [0.25, 0.3) is 22.3 Å². The molecule has 5 rings (SSSR count). The van der Waals surface area contributed by atoms with E-state index >= 15 is 0 Å². The molecule has 2 aliphatic rings. The molecular weight excluding hydrogens is 581 g/mol. The van der Waals surface area contributed by atoms with Gasteiger partial charge in [0.15, 0.2) is 11.6 Å². The first-order chi connectivity index (χ1) is 20.1. The third-order valence-corrected chi connectivity index (χ3v) is 8.77. The Kier molecular flexibility index (Phi) is 9.08. The van der Waals surface area contributed by atoms with E-state index in [4.69, 9.17) is 47.4 Å². The lowest BCUT2D eigenvalue weighted by Crippen LogP contribution is -2.43. The maximum atomic E-state index is 12.1. The summed E-state index contributed by atoms with van der Waals surface area (Å²) in [6.07, 6.45) is 5.37. The number of carbonyl (C=O) groups excluding carboxylic acids is 1. The van der Waals surface area contributed by atoms with Crippen molar-refractivity contribution in [3.05, 3.63) is 41.0 Å². The third kappa shape index (κ3) is 6.27. The Morgan fingerprint density at radius 1 is 1.21 bits per heavy atom. The molecule has 1 aromatic carbocycles. The number of halogens is 2. The van der Waals surface area contributed by atoms with E-state index in [0.29, 0.717) is 85.6 Å². The van der Waals surface area contributed by atoms with E-state index < -0.39 is 5.60 Å². The number of nitrogens with one attached hydrogen (secondary N) is 1. The number of hydrogen-bond donors (Lipinski definition) is 2. The number of aromatic nitrogens is 3. The van der Waals surface area contributed by atoms with Gasteiger partial charge in [0, 0.05) is 37.6 Å². The van der Waals surface area contributed by atoms with Crippen molar-refractivity contribution in [2.24, 2.45) is 5.92 Å². The zero-order chi connectivity index (χ0) is 30.0. The van der Waals surface area contributed by atoms with Crippen molar-refractivity contribution in [3.63, 3.8) is 0 Å². The summed E-state index contributed by atoms with van der Waals surface area (Å²) in [5.41, 5.74) is 0.227. The number of anilines is 2. The van der Waals surface area contributed by atoms with Crippen molar-refractivity contribution in [1.82, 2.24) is 15.0 Å². The lowest BCUT2D eigenvalue weighted by molar-refractivity contribution is -0.116. The largest absolute Gasteiger partial charge is 0.495 e. The number of allylic oxidation sites excluding steroid dienone is 1. The molecule has 2 N–H and O–H groups in total. The molecule has 10 nitrogen and oxygen atoms in total. The summed E-state index contributed by atoms with van der Waals surface area (Å²) < 4.78 is 16.7. The van der Waals surface area contributed by atoms with Gasteiger partial charge in [-0.2, -0.15) is 0 Å². The van der Waals surface area contributed by atoms with E-state index in [2.05, 4.69) is 21.8 Å². The highest BCUT2D eigenvalue weighted by Crippen LogP contribution is 2.46. The predicted molar refractivity (Wildman–Crippen MR) is 164 cm³/mol. The van der Waals surface area contributed by atoms with Gasteiger partial charge in [-0.05, 0) is 44.2 Å². The highest BCUT2D eigenvalue weighted by Gasteiger charge is 2.31. The summed E-state index contributed by atoms with van der Waals surface area (Å²) in [7, 11) is 3.02. The Hall–Kier alpha value is -3.18. The second-order valence-corrected chi connectivity index (χ2v) is 11.7. The number of fused-ring (bicyclic) bond motifs is 1. The van der Waals surface area contributed by atoms with Gasteiger partial charge in [-0.25, -0.2) is 15.0 Å². The Morgan fingerprint density at radius 3 is 2.55 bits per heavy atom. The lowest BCUT2D eigenvalue weighted by Gasteiger charge is -2.37. The quantitative estimate of drug-likeness (QED) is 0.306. The minimum Gasteiger partial charge on any atom is -0.495 e. The van der Waals surface area contributed by atoms with E-state index in [-0.39, 0.29) is 27.8 Å². The second kappa shape index (κ2) is 12.6. The molecule has 2 atom stereocenters. The number of aliphatic hydroxyl groups is 1. The summed E-state index contributed by atoms with van der Waals surface area (Å²) in [5.74, 6) is 2.45. The van der Waals surface area contributed by atoms with Crippen LogP contribution in [-0.2, 0) is 9.53 Å². The van der Waals surface area contributed by atoms with Crippen LogP contribution in [0.15, 0.2) is 31.0 Å². The fraction of sp³-hybridized carbons (Fsp3) is 0.467. The lowest BCUT2D eigenvalue weighted by atomic mass is 9.89. The van der Waals surface area contributed by atoms with Gasteiger partial charge >= 0.3 is 0 Å². The maximum Gasteiger partial charge on any atom is 0.165 e. The van der Waals surface area contributed by atoms with Crippen LogP contribution in [0, 0.1) is 5.92 Å². The minimum atomic E-state index is -0.748. The first kappa shape index (κ1) is 30.3. The fourth-order valence-corrected chi connectivity index (χ4v) is 6.12. The van der Waals surface area contributed by atoms with Gasteiger partial charge in [-0.15, -0.1) is 0 Å². The number of ketones is 1. The summed E-state index contributed by atoms with van der Waals surface area (Å²) >= 11 is 13.5. The van der Waals surface area contributed by atoms with Crippen LogP contribution in [0.1, 0.15) is 32.6 Å². The van der Waals surface area contributed by atoms with Crippen LogP contribution in [0.3, 0.4) is 0 Å². The number of ether oxygens (including phenoxy) is 3. The van der Waals surface area contributed by atoms with Gasteiger partial charge in [0.1, 0.15) is 23.1 Å². The second-order valence-electron chi connectivity index (χ2n) is 11.0. The number of nitrogens with zero attached hydrogens (tertiary/aromatic N) is 4. The smallest absolute Gasteiger partial charge is 0.165 e. The van der Waals surface area contributed by atoms with Gasteiger partial charge in [-0.3, -0.25) is 4.79 Å². The zero-order valence-corrected chi connectivity index (χ0v) is 25.5. The molecule has 2 fully saturated rings. The third-order valence-electron chi connectivity index (χ3n) is 8.02. The summed E-state index contributed by atoms with van der Waals surface area (Å²) in [4.78, 5) is 28.7. The number of rotatable bonds is 9. The van der Waals surface area contributed by atoms with Crippen LogP contribution in [0.4, 0.5) is 11.6 Å². The van der Waals surface area contributed by atoms with Gasteiger partial charge in [0.05, 0.1) is 59.8 Å². The van der Waals surface area contributed by atoms with Gasteiger partial charge < -0.3 is 29.5 Å². The maximum absolute atomic E-state index is 12.1. The highest BCUT2D eigenvalue weighted by atomic mass is 35.5. The first-order valence-electron chi connectivity index (χ1n) is 13.9. The molecule has 0 spiro atoms. The number of carbonyl (C=O) groups is 1. The molecule has 2 saturated heterocycles. The van der Waals surface area contributed by atoms with Crippen LogP contribution >= 0.6 is 23.2 Å². The summed E-state index contributed by atoms with van der Waals surface area (Å²) in [6, 6.07) is 3.44. The number of methoxy groups -OCH3 is 2. The molecule has 0 unspecified atom stereocenters. The van der Waals surface area contributed by atoms with Crippen LogP contribution in [-0.4, -0.2) is 78.0 Å². The van der Waals surface area contributed by atoms with Crippen molar-refractivity contribution in [1.29, 1.82) is 0 Å². The normalized spacial score (nSPS) is 20.3. The van der Waals surface area contributed by atoms with E-state index in [0.717, 1.165) is 11.8 Å². The monoisotopic (exact) mass is 615 g/mol. The SMILES string of the molecule is C=CC(=O)C[C@H]1CCOC[C@H]1Nc1cc2c(N3CCC(C)(O)CC3)nc(-c3c(Cl)c(OC)cc(OC)c3Cl)nc2cn1. The summed E-state index contributed by atoms with van der Waals surface area (Å²) in [5, 5.41) is 15.4. The van der Waals surface area contributed by atoms with Crippen LogP contribution in [0.2, 0.25) is 10.0 Å². The highest BCUT2D eigenvalue weighted by molar-refractivity contribution is 6.41. The molecule has 2 aromatic heterocycles. The predicted octanol–water partition coefficient (Wildman–Crippen LogP) is 5.33. The van der Waals surface area contributed by atoms with Crippen molar-refractivity contribution >= 4 is 51.5 Å². The Morgan fingerprint density at radius 2 is 1.90 bits per heavy atom. The Balaban J connectivity index is 1.60. The molecule has 4 heterocycles. The molecule has 0 radical (unpaired) electrons. The molecule has 0 bridgehead atoms. The average molecular weight is 617 g/mol. The standard InChI is InChI=1S/C30H35Cl2N5O5/c1-5-18(38)12-17-6-11-42-16-21(17)34-24-13-19-20(15-33-24)35-28(36-29(19)37-9-7-30(2,39)8-10-37)25-26(31)22(40-3)14-23(41-4)27(25)32/h5,13-15,17,21,39H,1,6-12,16H2,2-4H3,(H,33,34)/t17-,21-/m1/s1. The van der Waals surface area contributed by atoms with Gasteiger partial charge in [-0.1, -0.05) is 29.8 Å². The molecule has 2 aliphatic heterocycles. The Labute approximate surface area is 255 Å². The molecule has 12 heteroatoms. The van der Waals surface area contributed by atoms with Crippen LogP contribution < -0.4 is 19.7 Å². The van der Waals surface area contributed by atoms with Gasteiger partial charge in [0.2, 0.25) is 0 Å². The zero-order valence-electron chi connectivity index (χ0n) is 24.0. The molecule has 42 heavy (non-hydrogen) atoms. The van der Waals surface area contributed by atoms with Crippen molar-refractivity contribution in [2.45, 2.75) is 44.2 Å². The van der Waals surface area contributed by atoms with Crippen molar-refractivity contribution in [3.8, 4) is 22.9 Å². The molecular formula is C30H35Cl2N5O5. The van der Waals surface area contributed by atoms with Crippen molar-refractivity contribution < 1.29 is 24.1 Å². The fourth-order valence-electron chi connectivity index (χ4n) is 5.45. The molecule has 224 valence electrons. The topological polar surface area (TPSA) is 119 Å². The number of pyridine rings is 1. The van der Waals surface area contributed by atoms with Crippen molar-refractivity contribution in [2.75, 3.05) is 50.7 Å². The summed E-state index contributed by atoms with van der Waals surface area (Å²) in [6.45, 7) is 7.72. The van der Waals surface area contributed by atoms with E-state index in [1.54, 1.807) is 12.3 Å². The first-order valence-corrected chi connectivity index (χ1v) is 14.6. The van der Waals surface area contributed by atoms with E-state index in [9.17, 15) is 9.90 Å². The average Bonchev–Trinajstić information content (AvgIpc) is 2.98. The van der Waals surface area contributed by atoms with E-state index in [1.165, 1.54) is 20.3 Å². The molecule has 0 aliphatic carbocycles. The molecule has 3 aromatic rings. The minimum absolute atomic E-state index is 0.0101. The van der Waals surface area contributed by atoms with Crippen LogP contribution in [0.5, 0.6) is 11.5 Å². The number of piperidine rings is 1. The Bertz CT molecular complexity index is 1460.